The first kappa shape index (κ1) is 17.5. The molecule has 0 spiro atoms. The van der Waals surface area contributed by atoms with Crippen LogP contribution in [-0.4, -0.2) is 48.3 Å². The Balaban J connectivity index is 2.03. The number of nitrogens with one attached hydrogen (secondary N) is 2. The van der Waals surface area contributed by atoms with E-state index in [0.29, 0.717) is 18.9 Å². The second-order valence-corrected chi connectivity index (χ2v) is 6.60. The highest BCUT2D eigenvalue weighted by atomic mass is 16.2. The van der Waals surface area contributed by atoms with Crippen LogP contribution in [0.4, 0.5) is 4.79 Å². The summed E-state index contributed by atoms with van der Waals surface area (Å²) in [5.74, 6) is 0.242. The van der Waals surface area contributed by atoms with Gasteiger partial charge in [-0.15, -0.1) is 0 Å². The van der Waals surface area contributed by atoms with Gasteiger partial charge in [-0.05, 0) is 44.9 Å². The molecular weight excluding hydrogens is 294 g/mol. The monoisotopic (exact) mass is 321 g/mol. The molecule has 2 N–H and O–H groups in total. The van der Waals surface area contributed by atoms with E-state index in [9.17, 15) is 14.4 Å². The molecule has 128 valence electrons. The zero-order chi connectivity index (χ0) is 16.8. The summed E-state index contributed by atoms with van der Waals surface area (Å²) >= 11 is 0. The molecule has 3 amide bonds. The van der Waals surface area contributed by atoms with E-state index in [1.54, 1.807) is 11.9 Å². The Morgan fingerprint density at radius 1 is 1.30 bits per heavy atom. The third-order valence-electron chi connectivity index (χ3n) is 4.41. The van der Waals surface area contributed by atoms with Crippen molar-refractivity contribution in [3.8, 4) is 0 Å². The summed E-state index contributed by atoms with van der Waals surface area (Å²) in [6.45, 7) is 2.16. The van der Waals surface area contributed by atoms with Crippen LogP contribution in [0.15, 0.2) is 12.2 Å². The van der Waals surface area contributed by atoms with Gasteiger partial charge < -0.3 is 20.3 Å². The molecule has 3 atom stereocenters. The fraction of sp³-hybridized carbons (Fsp3) is 0.706. The number of carbonyl (C=O) groups is 3. The average Bonchev–Trinajstić information content (AvgIpc) is 3.23. The van der Waals surface area contributed by atoms with Crippen molar-refractivity contribution in [2.75, 3.05) is 13.6 Å². The van der Waals surface area contributed by atoms with Gasteiger partial charge in [0.05, 0.1) is 0 Å². The molecule has 0 aromatic rings. The molecule has 2 aliphatic rings. The third-order valence-corrected chi connectivity index (χ3v) is 4.41. The average molecular weight is 321 g/mol. The summed E-state index contributed by atoms with van der Waals surface area (Å²) in [5.41, 5.74) is 0. The molecule has 0 aromatic heterocycles. The molecule has 2 rings (SSSR count). The maximum absolute atomic E-state index is 12.4. The van der Waals surface area contributed by atoms with Crippen molar-refractivity contribution in [2.45, 2.75) is 57.5 Å². The van der Waals surface area contributed by atoms with Crippen LogP contribution in [0.25, 0.3) is 0 Å². The molecule has 1 saturated carbocycles. The zero-order valence-corrected chi connectivity index (χ0v) is 14.0. The number of nitrogens with zero attached hydrogens (tertiary/aromatic N) is 1. The van der Waals surface area contributed by atoms with E-state index >= 15 is 0 Å². The Morgan fingerprint density at radius 3 is 2.83 bits per heavy atom. The van der Waals surface area contributed by atoms with Crippen molar-refractivity contribution >= 4 is 17.7 Å². The first-order valence-corrected chi connectivity index (χ1v) is 8.45. The zero-order valence-electron chi connectivity index (χ0n) is 14.0. The topological polar surface area (TPSA) is 78.5 Å². The molecule has 1 aliphatic carbocycles. The predicted octanol–water partition coefficient (Wildman–Crippen LogP) is 1.61. The number of fused-ring (bicyclic) bond motifs is 1. The van der Waals surface area contributed by atoms with Crippen LogP contribution < -0.4 is 10.6 Å². The molecule has 0 radical (unpaired) electrons. The fourth-order valence-electron chi connectivity index (χ4n) is 2.74. The Morgan fingerprint density at radius 2 is 2.09 bits per heavy atom. The Hall–Kier alpha value is -1.85. The van der Waals surface area contributed by atoms with Crippen LogP contribution in [0, 0.1) is 5.92 Å². The number of urea groups is 1. The smallest absolute Gasteiger partial charge is 0.317 e. The summed E-state index contributed by atoms with van der Waals surface area (Å²) in [6.07, 6.45) is 8.94. The maximum Gasteiger partial charge on any atom is 0.317 e. The maximum atomic E-state index is 12.4. The Labute approximate surface area is 137 Å². The summed E-state index contributed by atoms with van der Waals surface area (Å²) in [5, 5.41) is 5.75. The van der Waals surface area contributed by atoms with Gasteiger partial charge in [0.25, 0.3) is 0 Å². The van der Waals surface area contributed by atoms with Crippen molar-refractivity contribution < 1.29 is 14.4 Å². The highest BCUT2D eigenvalue weighted by molar-refractivity contribution is 5.88. The summed E-state index contributed by atoms with van der Waals surface area (Å²) < 4.78 is 0. The quantitative estimate of drug-likeness (QED) is 0.775. The van der Waals surface area contributed by atoms with Gasteiger partial charge in [-0.2, -0.15) is 0 Å². The number of allylic oxidation sites excluding steroid dienone is 1. The lowest BCUT2D eigenvalue weighted by molar-refractivity contribution is -0.123. The fourth-order valence-corrected chi connectivity index (χ4v) is 2.74. The molecule has 0 saturated heterocycles. The van der Waals surface area contributed by atoms with Crippen LogP contribution in [-0.2, 0) is 9.59 Å². The van der Waals surface area contributed by atoms with E-state index < -0.39 is 6.04 Å². The standard InChI is InChI=1S/C17H27N3O3/c1-12(21)8-9-14-16(22)18-15-11-13(15)7-5-3-4-6-10-20(2)17(23)19-14/h5,7,13-15H,3-4,6,8-11H2,1-2H3,(H,18,22)(H,19,23)/b7-5+. The minimum Gasteiger partial charge on any atom is -0.351 e. The van der Waals surface area contributed by atoms with Gasteiger partial charge in [0.1, 0.15) is 11.8 Å². The molecule has 1 aliphatic heterocycles. The third kappa shape index (κ3) is 5.69. The lowest BCUT2D eigenvalue weighted by Gasteiger charge is -2.23. The van der Waals surface area contributed by atoms with Crippen LogP contribution in [0.3, 0.4) is 0 Å². The van der Waals surface area contributed by atoms with Gasteiger partial charge in [-0.3, -0.25) is 4.79 Å². The van der Waals surface area contributed by atoms with Crippen molar-refractivity contribution in [1.82, 2.24) is 15.5 Å². The van der Waals surface area contributed by atoms with Crippen LogP contribution >= 0.6 is 0 Å². The van der Waals surface area contributed by atoms with Crippen LogP contribution in [0.5, 0.6) is 0 Å². The SMILES string of the molecule is CC(=O)CCC1NC(=O)N(C)CCCC/C=C/C2CC2NC1=O. The lowest BCUT2D eigenvalue weighted by Crippen LogP contribution is -2.51. The van der Waals surface area contributed by atoms with E-state index in [4.69, 9.17) is 0 Å². The Kier molecular flexibility index (Phi) is 6.19. The normalized spacial score (nSPS) is 30.5. The molecule has 1 fully saturated rings. The summed E-state index contributed by atoms with van der Waals surface area (Å²) in [4.78, 5) is 37.4. The highest BCUT2D eigenvalue weighted by Gasteiger charge is 2.37. The second-order valence-electron chi connectivity index (χ2n) is 6.60. The van der Waals surface area contributed by atoms with Gasteiger partial charge in [0, 0.05) is 26.1 Å². The minimum absolute atomic E-state index is 0.0204. The first-order chi connectivity index (χ1) is 11.0. The summed E-state index contributed by atoms with van der Waals surface area (Å²) in [7, 11) is 1.73. The largest absolute Gasteiger partial charge is 0.351 e. The van der Waals surface area contributed by atoms with Gasteiger partial charge in [-0.1, -0.05) is 12.2 Å². The van der Waals surface area contributed by atoms with Crippen molar-refractivity contribution in [1.29, 1.82) is 0 Å². The number of hydrogen-bond acceptors (Lipinski definition) is 3. The van der Waals surface area contributed by atoms with Crippen molar-refractivity contribution in [3.05, 3.63) is 12.2 Å². The number of carbonyl (C=O) groups excluding carboxylic acids is 3. The minimum atomic E-state index is -0.651. The van der Waals surface area contributed by atoms with E-state index in [0.717, 1.165) is 25.7 Å². The first-order valence-electron chi connectivity index (χ1n) is 8.45. The number of amides is 3. The molecule has 0 aromatic carbocycles. The van der Waals surface area contributed by atoms with Crippen molar-refractivity contribution in [3.63, 3.8) is 0 Å². The van der Waals surface area contributed by atoms with E-state index in [1.165, 1.54) is 6.92 Å². The number of hydrogen-bond donors (Lipinski definition) is 2. The van der Waals surface area contributed by atoms with E-state index in [-0.39, 0.29) is 30.2 Å². The van der Waals surface area contributed by atoms with E-state index in [2.05, 4.69) is 22.8 Å². The van der Waals surface area contributed by atoms with Gasteiger partial charge in [0.15, 0.2) is 0 Å². The van der Waals surface area contributed by atoms with Crippen LogP contribution in [0.2, 0.25) is 0 Å². The second kappa shape index (κ2) is 8.13. The van der Waals surface area contributed by atoms with Crippen molar-refractivity contribution in [2.24, 2.45) is 5.92 Å². The summed E-state index contributed by atoms with van der Waals surface area (Å²) in [6, 6.07) is -0.744. The Bertz CT molecular complexity index is 489. The molecule has 1 heterocycles. The van der Waals surface area contributed by atoms with Crippen LogP contribution in [0.1, 0.15) is 45.4 Å². The molecule has 0 bridgehead atoms. The molecule has 3 unspecified atom stereocenters. The van der Waals surface area contributed by atoms with Gasteiger partial charge >= 0.3 is 6.03 Å². The molecule has 6 heteroatoms. The highest BCUT2D eigenvalue weighted by Crippen LogP contribution is 2.32. The lowest BCUT2D eigenvalue weighted by atomic mass is 10.1. The van der Waals surface area contributed by atoms with Gasteiger partial charge in [-0.25, -0.2) is 4.79 Å². The predicted molar refractivity (Wildman–Crippen MR) is 87.9 cm³/mol. The number of rotatable bonds is 3. The van der Waals surface area contributed by atoms with E-state index in [1.807, 2.05) is 0 Å². The number of ketones is 1. The molecule has 6 nitrogen and oxygen atoms in total. The number of Topliss-reactive ketones (excluding diaryl/α,β-unsaturated/α-hetero) is 1. The molecule has 23 heavy (non-hydrogen) atoms. The van der Waals surface area contributed by atoms with Gasteiger partial charge in [0.2, 0.25) is 5.91 Å². The molecular formula is C17H27N3O3.